The maximum absolute atomic E-state index is 13.5. The predicted molar refractivity (Wildman–Crippen MR) is 115 cm³/mol. The first-order valence-corrected chi connectivity index (χ1v) is 10.4. The molecule has 152 valence electrons. The zero-order chi connectivity index (χ0) is 21.3. The molecule has 4 rings (SSSR count). The largest absolute Gasteiger partial charge is 0.322 e. The number of fused-ring (bicyclic) bond motifs is 1. The van der Waals surface area contributed by atoms with Gasteiger partial charge < -0.3 is 10.2 Å². The maximum atomic E-state index is 13.5. The van der Waals surface area contributed by atoms with Gasteiger partial charge in [-0.25, -0.2) is 4.39 Å². The molecule has 30 heavy (non-hydrogen) atoms. The molecule has 0 radical (unpaired) electrons. The zero-order valence-electron chi connectivity index (χ0n) is 16.3. The molecule has 5 nitrogen and oxygen atoms in total. The summed E-state index contributed by atoms with van der Waals surface area (Å²) < 4.78 is 13.5. The fourth-order valence-electron chi connectivity index (χ4n) is 3.46. The van der Waals surface area contributed by atoms with Gasteiger partial charge >= 0.3 is 0 Å². The monoisotopic (exact) mass is 422 g/mol. The van der Waals surface area contributed by atoms with Crippen molar-refractivity contribution in [2.45, 2.75) is 19.8 Å². The van der Waals surface area contributed by atoms with Crippen LogP contribution in [-0.4, -0.2) is 24.1 Å². The summed E-state index contributed by atoms with van der Waals surface area (Å²) in [6.45, 7) is 2.21. The molecule has 1 N–H and O–H groups in total. The number of rotatable bonds is 3. The summed E-state index contributed by atoms with van der Waals surface area (Å²) in [7, 11) is 0. The Kier molecular flexibility index (Phi) is 5.46. The Morgan fingerprint density at radius 2 is 1.87 bits per heavy atom. The Labute approximate surface area is 177 Å². The zero-order valence-corrected chi connectivity index (χ0v) is 17.1. The number of Topliss-reactive ketones (excluding diaryl/α,β-unsaturated/α-hetero) is 1. The molecule has 0 fully saturated rings. The van der Waals surface area contributed by atoms with E-state index in [0.717, 1.165) is 0 Å². The molecule has 0 unspecified atom stereocenters. The summed E-state index contributed by atoms with van der Waals surface area (Å²) in [6, 6.07) is 12.4. The van der Waals surface area contributed by atoms with Gasteiger partial charge in [0.25, 0.3) is 11.8 Å². The van der Waals surface area contributed by atoms with Crippen molar-refractivity contribution in [1.29, 1.82) is 0 Å². The highest BCUT2D eigenvalue weighted by Gasteiger charge is 2.27. The van der Waals surface area contributed by atoms with Crippen molar-refractivity contribution in [3.63, 3.8) is 0 Å². The van der Waals surface area contributed by atoms with Gasteiger partial charge in [-0.3, -0.25) is 14.4 Å². The molecular weight excluding hydrogens is 403 g/mol. The Morgan fingerprint density at radius 3 is 2.63 bits per heavy atom. The van der Waals surface area contributed by atoms with Gasteiger partial charge in [-0.05, 0) is 66.8 Å². The highest BCUT2D eigenvalue weighted by Crippen LogP contribution is 2.32. The Bertz CT molecular complexity index is 1140. The van der Waals surface area contributed by atoms with Gasteiger partial charge in [-0.15, -0.1) is 11.3 Å². The number of thiophene rings is 1. The van der Waals surface area contributed by atoms with Crippen molar-refractivity contribution in [3.8, 4) is 0 Å². The SMILES string of the molecule is Cc1ccc(F)cc1C(=O)Nc1ccc(C(=O)N2CCCC(=O)c3sccc32)cc1. The molecule has 3 aromatic rings. The fraction of sp³-hybridized carbons (Fsp3) is 0.174. The fourth-order valence-corrected chi connectivity index (χ4v) is 4.32. The first-order chi connectivity index (χ1) is 14.4. The van der Waals surface area contributed by atoms with E-state index in [0.29, 0.717) is 46.8 Å². The van der Waals surface area contributed by atoms with E-state index in [2.05, 4.69) is 5.32 Å². The average Bonchev–Trinajstić information content (AvgIpc) is 3.17. The van der Waals surface area contributed by atoms with Crippen LogP contribution in [0.2, 0.25) is 0 Å². The van der Waals surface area contributed by atoms with E-state index in [1.54, 1.807) is 48.2 Å². The van der Waals surface area contributed by atoms with Crippen LogP contribution in [0.4, 0.5) is 15.8 Å². The summed E-state index contributed by atoms with van der Waals surface area (Å²) in [4.78, 5) is 39.9. The lowest BCUT2D eigenvalue weighted by Crippen LogP contribution is -2.31. The molecular formula is C23H19FN2O3S. The van der Waals surface area contributed by atoms with Crippen molar-refractivity contribution in [2.75, 3.05) is 16.8 Å². The van der Waals surface area contributed by atoms with Crippen LogP contribution in [0.25, 0.3) is 0 Å². The molecule has 2 amide bonds. The third kappa shape index (κ3) is 3.89. The third-order valence-corrected chi connectivity index (χ3v) is 6.00. The molecule has 2 heterocycles. The summed E-state index contributed by atoms with van der Waals surface area (Å²) in [5.41, 5.74) is 2.55. The van der Waals surface area contributed by atoms with Crippen LogP contribution >= 0.6 is 11.3 Å². The standard InChI is InChI=1S/C23H19FN2O3S/c1-14-4-7-16(24)13-18(14)22(28)25-17-8-5-15(6-9-17)23(29)26-11-2-3-20(27)21-19(26)10-12-30-21/h4-10,12-13H,2-3,11H2,1H3,(H,25,28). The molecule has 1 aromatic heterocycles. The number of benzene rings is 2. The van der Waals surface area contributed by atoms with Crippen LogP contribution < -0.4 is 10.2 Å². The van der Waals surface area contributed by atoms with Gasteiger partial charge in [0.15, 0.2) is 5.78 Å². The smallest absolute Gasteiger partial charge is 0.258 e. The van der Waals surface area contributed by atoms with Crippen LogP contribution in [-0.2, 0) is 0 Å². The number of nitrogens with zero attached hydrogens (tertiary/aromatic N) is 1. The van der Waals surface area contributed by atoms with Gasteiger partial charge in [-0.1, -0.05) is 6.07 Å². The first-order valence-electron chi connectivity index (χ1n) is 9.54. The minimum absolute atomic E-state index is 0.0704. The number of hydrogen-bond acceptors (Lipinski definition) is 4. The van der Waals surface area contributed by atoms with E-state index >= 15 is 0 Å². The van der Waals surface area contributed by atoms with Gasteiger partial charge in [-0.2, -0.15) is 0 Å². The quantitative estimate of drug-likeness (QED) is 0.641. The van der Waals surface area contributed by atoms with E-state index < -0.39 is 11.7 Å². The summed E-state index contributed by atoms with van der Waals surface area (Å²) in [5, 5.41) is 4.55. The van der Waals surface area contributed by atoms with E-state index in [9.17, 15) is 18.8 Å². The maximum Gasteiger partial charge on any atom is 0.258 e. The third-order valence-electron chi connectivity index (χ3n) is 5.05. The predicted octanol–water partition coefficient (Wildman–Crippen LogP) is 5.07. The van der Waals surface area contributed by atoms with Crippen molar-refractivity contribution in [3.05, 3.63) is 81.3 Å². The topological polar surface area (TPSA) is 66.5 Å². The minimum Gasteiger partial charge on any atom is -0.322 e. The number of anilines is 2. The molecule has 7 heteroatoms. The van der Waals surface area contributed by atoms with E-state index in [-0.39, 0.29) is 17.3 Å². The molecule has 0 saturated carbocycles. The lowest BCUT2D eigenvalue weighted by Gasteiger charge is -2.21. The number of carbonyl (C=O) groups excluding carboxylic acids is 3. The number of nitrogens with one attached hydrogen (secondary N) is 1. The second-order valence-corrected chi connectivity index (χ2v) is 8.03. The Morgan fingerprint density at radius 1 is 1.10 bits per heavy atom. The second-order valence-electron chi connectivity index (χ2n) is 7.11. The molecule has 0 atom stereocenters. The van der Waals surface area contributed by atoms with Gasteiger partial charge in [0.05, 0.1) is 10.6 Å². The molecule has 0 spiro atoms. The Balaban J connectivity index is 1.52. The molecule has 0 aliphatic carbocycles. The van der Waals surface area contributed by atoms with Gasteiger partial charge in [0, 0.05) is 29.8 Å². The number of hydrogen-bond donors (Lipinski definition) is 1. The number of halogens is 1. The molecule has 0 saturated heterocycles. The van der Waals surface area contributed by atoms with E-state index in [4.69, 9.17) is 0 Å². The summed E-state index contributed by atoms with van der Waals surface area (Å²) >= 11 is 1.35. The van der Waals surface area contributed by atoms with Gasteiger partial charge in [0.2, 0.25) is 0 Å². The average molecular weight is 422 g/mol. The van der Waals surface area contributed by atoms with Crippen molar-refractivity contribution >= 4 is 40.3 Å². The number of aryl methyl sites for hydroxylation is 1. The lowest BCUT2D eigenvalue weighted by molar-refractivity contribution is 0.0975. The van der Waals surface area contributed by atoms with Crippen molar-refractivity contribution < 1.29 is 18.8 Å². The van der Waals surface area contributed by atoms with Crippen LogP contribution in [0.15, 0.2) is 53.9 Å². The second kappa shape index (κ2) is 8.20. The van der Waals surface area contributed by atoms with Gasteiger partial charge in [0.1, 0.15) is 5.82 Å². The number of carbonyl (C=O) groups is 3. The van der Waals surface area contributed by atoms with E-state index in [1.807, 2.05) is 5.38 Å². The van der Waals surface area contributed by atoms with E-state index in [1.165, 1.54) is 23.5 Å². The molecule has 1 aliphatic rings. The Hall–Kier alpha value is -3.32. The molecule has 1 aliphatic heterocycles. The normalized spacial score (nSPS) is 13.5. The highest BCUT2D eigenvalue weighted by atomic mass is 32.1. The summed E-state index contributed by atoms with van der Waals surface area (Å²) in [6.07, 6.45) is 1.05. The van der Waals surface area contributed by atoms with Crippen LogP contribution in [0, 0.1) is 12.7 Å². The minimum atomic E-state index is -0.476. The lowest BCUT2D eigenvalue weighted by atomic mass is 10.1. The van der Waals surface area contributed by atoms with Crippen LogP contribution in [0.3, 0.4) is 0 Å². The van der Waals surface area contributed by atoms with Crippen molar-refractivity contribution in [1.82, 2.24) is 0 Å². The molecule has 2 aromatic carbocycles. The van der Waals surface area contributed by atoms with Crippen molar-refractivity contribution in [2.24, 2.45) is 0 Å². The van der Waals surface area contributed by atoms with Crippen LogP contribution in [0.5, 0.6) is 0 Å². The number of ketones is 1. The number of amides is 2. The summed E-state index contributed by atoms with van der Waals surface area (Å²) in [5.74, 6) is -1.01. The van der Waals surface area contributed by atoms with Crippen LogP contribution in [0.1, 0.15) is 48.8 Å². The first kappa shape index (κ1) is 20.0. The molecule has 0 bridgehead atoms. The highest BCUT2D eigenvalue weighted by molar-refractivity contribution is 7.12.